The van der Waals surface area contributed by atoms with Crippen molar-refractivity contribution in [2.75, 3.05) is 6.61 Å². The molecule has 13 heavy (non-hydrogen) atoms. The van der Waals surface area contributed by atoms with E-state index in [9.17, 15) is 4.79 Å². The SMILES string of the molecule is CCOC(=O)Cc1cc(I)sc1Br. The predicted molar refractivity (Wildman–Crippen MR) is 65.1 cm³/mol. The maximum Gasteiger partial charge on any atom is 0.310 e. The Morgan fingerprint density at radius 2 is 2.46 bits per heavy atom. The van der Waals surface area contributed by atoms with Gasteiger partial charge in [0.05, 0.1) is 19.7 Å². The minimum Gasteiger partial charge on any atom is -0.466 e. The van der Waals surface area contributed by atoms with Crippen LogP contribution in [0.25, 0.3) is 0 Å². The summed E-state index contributed by atoms with van der Waals surface area (Å²) in [5, 5.41) is 0. The fraction of sp³-hybridized carbons (Fsp3) is 0.375. The number of ether oxygens (including phenoxy) is 1. The second kappa shape index (κ2) is 5.31. The number of carbonyl (C=O) groups is 1. The van der Waals surface area contributed by atoms with Crippen LogP contribution in [0.4, 0.5) is 0 Å². The third kappa shape index (κ3) is 3.55. The molecule has 0 N–H and O–H groups in total. The van der Waals surface area contributed by atoms with Crippen LogP contribution in [0.3, 0.4) is 0 Å². The molecule has 0 aliphatic heterocycles. The van der Waals surface area contributed by atoms with Crippen molar-refractivity contribution >= 4 is 55.8 Å². The first kappa shape index (κ1) is 11.5. The zero-order chi connectivity index (χ0) is 9.84. The normalized spacial score (nSPS) is 10.1. The van der Waals surface area contributed by atoms with Gasteiger partial charge in [-0.2, -0.15) is 0 Å². The van der Waals surface area contributed by atoms with Crippen LogP contribution in [0.5, 0.6) is 0 Å². The number of hydrogen-bond donors (Lipinski definition) is 0. The van der Waals surface area contributed by atoms with Crippen molar-refractivity contribution in [2.45, 2.75) is 13.3 Å². The van der Waals surface area contributed by atoms with E-state index in [4.69, 9.17) is 4.74 Å². The fourth-order valence-corrected chi connectivity index (χ4v) is 4.22. The van der Waals surface area contributed by atoms with E-state index in [1.807, 2.05) is 13.0 Å². The van der Waals surface area contributed by atoms with Gasteiger partial charge in [-0.1, -0.05) is 0 Å². The van der Waals surface area contributed by atoms with Crippen molar-refractivity contribution < 1.29 is 9.53 Å². The Bertz CT molecular complexity index is 311. The number of carbonyl (C=O) groups excluding carboxylic acids is 1. The number of hydrogen-bond acceptors (Lipinski definition) is 3. The van der Waals surface area contributed by atoms with Gasteiger partial charge in [0.2, 0.25) is 0 Å². The first-order valence-electron chi connectivity index (χ1n) is 3.72. The van der Waals surface area contributed by atoms with E-state index in [1.165, 1.54) is 2.88 Å². The predicted octanol–water partition coefficient (Wildman–Crippen LogP) is 3.22. The topological polar surface area (TPSA) is 26.3 Å². The van der Waals surface area contributed by atoms with Gasteiger partial charge < -0.3 is 4.74 Å². The van der Waals surface area contributed by atoms with Gasteiger partial charge >= 0.3 is 5.97 Å². The lowest BCUT2D eigenvalue weighted by molar-refractivity contribution is -0.142. The van der Waals surface area contributed by atoms with Crippen LogP contribution >= 0.6 is 49.9 Å². The molecule has 0 amide bonds. The summed E-state index contributed by atoms with van der Waals surface area (Å²) >= 11 is 7.26. The molecule has 0 saturated carbocycles. The molecule has 2 nitrogen and oxygen atoms in total. The molecular weight excluding hydrogens is 367 g/mol. The number of rotatable bonds is 3. The second-order valence-electron chi connectivity index (χ2n) is 2.33. The molecule has 0 fully saturated rings. The minimum absolute atomic E-state index is 0.169. The molecule has 1 aromatic heterocycles. The maximum absolute atomic E-state index is 11.1. The largest absolute Gasteiger partial charge is 0.466 e. The molecule has 0 unspecified atom stereocenters. The molecule has 0 aromatic carbocycles. The monoisotopic (exact) mass is 374 g/mol. The van der Waals surface area contributed by atoms with Crippen molar-refractivity contribution in [2.24, 2.45) is 0 Å². The molecule has 1 rings (SSSR count). The number of halogens is 2. The van der Waals surface area contributed by atoms with Gasteiger partial charge in [-0.25, -0.2) is 0 Å². The van der Waals surface area contributed by atoms with E-state index in [-0.39, 0.29) is 5.97 Å². The molecule has 72 valence electrons. The van der Waals surface area contributed by atoms with Gasteiger partial charge in [-0.3, -0.25) is 4.79 Å². The van der Waals surface area contributed by atoms with Gasteiger partial charge in [0, 0.05) is 0 Å². The van der Waals surface area contributed by atoms with Gasteiger partial charge in [0.25, 0.3) is 0 Å². The molecule has 0 aliphatic carbocycles. The van der Waals surface area contributed by atoms with E-state index in [0.29, 0.717) is 13.0 Å². The van der Waals surface area contributed by atoms with Crippen LogP contribution < -0.4 is 0 Å². The first-order chi connectivity index (χ1) is 6.13. The Morgan fingerprint density at radius 3 is 2.92 bits per heavy atom. The van der Waals surface area contributed by atoms with Crippen LogP contribution in [0.15, 0.2) is 9.85 Å². The van der Waals surface area contributed by atoms with Crippen molar-refractivity contribution in [1.29, 1.82) is 0 Å². The lowest BCUT2D eigenvalue weighted by atomic mass is 10.2. The molecule has 1 aromatic rings. The highest BCUT2D eigenvalue weighted by atomic mass is 127. The first-order valence-corrected chi connectivity index (χ1v) is 6.41. The van der Waals surface area contributed by atoms with Crippen molar-refractivity contribution in [1.82, 2.24) is 0 Å². The standard InChI is InChI=1S/C8H8BrIO2S/c1-2-12-7(11)4-5-3-6(10)13-8(5)9/h3H,2,4H2,1H3. The Labute approximate surface area is 103 Å². The average Bonchev–Trinajstić information content (AvgIpc) is 2.30. The summed E-state index contributed by atoms with van der Waals surface area (Å²) in [6.07, 6.45) is 0.355. The van der Waals surface area contributed by atoms with Gasteiger partial charge in [0.15, 0.2) is 0 Å². The van der Waals surface area contributed by atoms with Crippen molar-refractivity contribution in [3.8, 4) is 0 Å². The van der Waals surface area contributed by atoms with Crippen LogP contribution in [0.1, 0.15) is 12.5 Å². The van der Waals surface area contributed by atoms with E-state index in [2.05, 4.69) is 38.5 Å². The molecular formula is C8H8BrIO2S. The van der Waals surface area contributed by atoms with Crippen molar-refractivity contribution in [3.05, 3.63) is 18.3 Å². The second-order valence-corrected chi connectivity index (χ2v) is 6.60. The number of thiophene rings is 1. The molecule has 0 radical (unpaired) electrons. The summed E-state index contributed by atoms with van der Waals surface area (Å²) in [5.74, 6) is -0.169. The molecule has 1 heterocycles. The summed E-state index contributed by atoms with van der Waals surface area (Å²) < 4.78 is 7.04. The molecule has 0 saturated heterocycles. The molecule has 0 atom stereocenters. The zero-order valence-electron chi connectivity index (χ0n) is 6.97. The third-order valence-electron chi connectivity index (χ3n) is 1.37. The summed E-state index contributed by atoms with van der Waals surface area (Å²) in [6.45, 7) is 2.25. The minimum atomic E-state index is -0.169. The Morgan fingerprint density at radius 1 is 1.77 bits per heavy atom. The summed E-state index contributed by atoms with van der Waals surface area (Å²) in [6, 6.07) is 1.99. The van der Waals surface area contributed by atoms with Gasteiger partial charge in [-0.15, -0.1) is 11.3 Å². The summed E-state index contributed by atoms with van der Waals surface area (Å²) in [4.78, 5) is 11.1. The Kier molecular flexibility index (Phi) is 4.68. The van der Waals surface area contributed by atoms with E-state index in [1.54, 1.807) is 11.3 Å². The van der Waals surface area contributed by atoms with Crippen LogP contribution in [0.2, 0.25) is 0 Å². The highest BCUT2D eigenvalue weighted by Crippen LogP contribution is 2.29. The molecule has 0 aliphatic rings. The fourth-order valence-electron chi connectivity index (χ4n) is 0.862. The van der Waals surface area contributed by atoms with Crippen LogP contribution in [-0.4, -0.2) is 12.6 Å². The lowest BCUT2D eigenvalue weighted by Crippen LogP contribution is -2.06. The quantitative estimate of drug-likeness (QED) is 0.599. The Hall–Kier alpha value is 0.380. The molecule has 0 bridgehead atoms. The number of esters is 1. The molecule has 5 heteroatoms. The van der Waals surface area contributed by atoms with Crippen LogP contribution in [-0.2, 0) is 16.0 Å². The average molecular weight is 375 g/mol. The highest BCUT2D eigenvalue weighted by Gasteiger charge is 2.10. The van der Waals surface area contributed by atoms with E-state index >= 15 is 0 Å². The van der Waals surface area contributed by atoms with Gasteiger partial charge in [0.1, 0.15) is 0 Å². The maximum atomic E-state index is 11.1. The van der Waals surface area contributed by atoms with Gasteiger partial charge in [-0.05, 0) is 57.1 Å². The lowest BCUT2D eigenvalue weighted by Gasteiger charge is -1.99. The van der Waals surface area contributed by atoms with Crippen molar-refractivity contribution in [3.63, 3.8) is 0 Å². The Balaban J connectivity index is 2.63. The highest BCUT2D eigenvalue weighted by molar-refractivity contribution is 14.1. The van der Waals surface area contributed by atoms with E-state index in [0.717, 1.165) is 9.35 Å². The zero-order valence-corrected chi connectivity index (χ0v) is 11.5. The third-order valence-corrected chi connectivity index (χ3v) is 4.09. The summed E-state index contributed by atoms with van der Waals surface area (Å²) in [7, 11) is 0. The summed E-state index contributed by atoms with van der Waals surface area (Å²) in [5.41, 5.74) is 1.01. The van der Waals surface area contributed by atoms with E-state index < -0.39 is 0 Å². The van der Waals surface area contributed by atoms with Crippen LogP contribution in [0, 0.1) is 2.88 Å². The smallest absolute Gasteiger partial charge is 0.310 e. The molecule has 0 spiro atoms.